The largest absolute Gasteiger partial charge is 0.383 e. The van der Waals surface area contributed by atoms with E-state index in [2.05, 4.69) is 4.98 Å². The number of hydrogen-bond donors (Lipinski definition) is 1. The van der Waals surface area contributed by atoms with Gasteiger partial charge in [-0.1, -0.05) is 0 Å². The summed E-state index contributed by atoms with van der Waals surface area (Å²) in [6.07, 6.45) is -2.58. The number of halogens is 2. The lowest BCUT2D eigenvalue weighted by Gasteiger charge is -2.07. The van der Waals surface area contributed by atoms with Gasteiger partial charge in [0.1, 0.15) is 5.82 Å². The van der Waals surface area contributed by atoms with Crippen LogP contribution < -0.4 is 5.73 Å². The monoisotopic (exact) mass is 197 g/mol. The maximum absolute atomic E-state index is 12.4. The number of hydrogen-bond acceptors (Lipinski definition) is 3. The SMILES string of the molecule is Cc1nc(N)c(C(F)F)cc1CC#N. The Morgan fingerprint density at radius 3 is 2.79 bits per heavy atom. The van der Waals surface area contributed by atoms with Gasteiger partial charge >= 0.3 is 0 Å². The number of rotatable bonds is 2. The first-order valence-electron chi connectivity index (χ1n) is 3.97. The molecule has 0 spiro atoms. The molecule has 1 heterocycles. The van der Waals surface area contributed by atoms with Crippen molar-refractivity contribution < 1.29 is 8.78 Å². The summed E-state index contributed by atoms with van der Waals surface area (Å²) < 4.78 is 24.8. The molecule has 0 amide bonds. The van der Waals surface area contributed by atoms with Crippen molar-refractivity contribution in [3.05, 3.63) is 22.9 Å². The highest BCUT2D eigenvalue weighted by molar-refractivity contribution is 5.44. The van der Waals surface area contributed by atoms with Gasteiger partial charge in [-0.2, -0.15) is 5.26 Å². The smallest absolute Gasteiger partial charge is 0.267 e. The Balaban J connectivity index is 3.21. The molecule has 0 unspecified atom stereocenters. The van der Waals surface area contributed by atoms with Crippen molar-refractivity contribution in [2.45, 2.75) is 19.8 Å². The average molecular weight is 197 g/mol. The van der Waals surface area contributed by atoms with Gasteiger partial charge in [0.2, 0.25) is 0 Å². The Kier molecular flexibility index (Phi) is 2.97. The Morgan fingerprint density at radius 1 is 1.64 bits per heavy atom. The summed E-state index contributed by atoms with van der Waals surface area (Å²) in [6.45, 7) is 1.64. The van der Waals surface area contributed by atoms with Crippen LogP contribution in [0.25, 0.3) is 0 Å². The van der Waals surface area contributed by atoms with Gasteiger partial charge in [0.05, 0.1) is 18.1 Å². The van der Waals surface area contributed by atoms with Crippen molar-refractivity contribution in [1.29, 1.82) is 5.26 Å². The number of aryl methyl sites for hydroxylation is 1. The zero-order chi connectivity index (χ0) is 10.7. The van der Waals surface area contributed by atoms with Crippen LogP contribution in [0.4, 0.5) is 14.6 Å². The Labute approximate surface area is 80.2 Å². The van der Waals surface area contributed by atoms with Gasteiger partial charge in [-0.25, -0.2) is 13.8 Å². The normalized spacial score (nSPS) is 10.2. The first kappa shape index (κ1) is 10.4. The highest BCUT2D eigenvalue weighted by Gasteiger charge is 2.14. The van der Waals surface area contributed by atoms with Crippen LogP contribution in [0.5, 0.6) is 0 Å². The minimum Gasteiger partial charge on any atom is -0.383 e. The van der Waals surface area contributed by atoms with Crippen molar-refractivity contribution in [3.8, 4) is 6.07 Å². The predicted octanol–water partition coefficient (Wildman–Crippen LogP) is 1.98. The summed E-state index contributed by atoms with van der Waals surface area (Å²) >= 11 is 0. The first-order chi connectivity index (χ1) is 6.56. The highest BCUT2D eigenvalue weighted by atomic mass is 19.3. The van der Waals surface area contributed by atoms with Gasteiger partial charge in [-0.15, -0.1) is 0 Å². The molecule has 0 aromatic carbocycles. The van der Waals surface area contributed by atoms with E-state index in [0.717, 1.165) is 0 Å². The van der Waals surface area contributed by atoms with E-state index < -0.39 is 6.43 Å². The highest BCUT2D eigenvalue weighted by Crippen LogP contribution is 2.25. The van der Waals surface area contributed by atoms with E-state index in [-0.39, 0.29) is 17.8 Å². The maximum atomic E-state index is 12.4. The molecule has 0 saturated carbocycles. The summed E-state index contributed by atoms with van der Waals surface area (Å²) in [4.78, 5) is 3.76. The van der Waals surface area contributed by atoms with Gasteiger partial charge in [-0.05, 0) is 18.6 Å². The molecule has 5 heteroatoms. The van der Waals surface area contributed by atoms with Gasteiger partial charge in [0.25, 0.3) is 6.43 Å². The molecule has 0 atom stereocenters. The second kappa shape index (κ2) is 4.01. The molecule has 0 fully saturated rings. The zero-order valence-electron chi connectivity index (χ0n) is 7.59. The molecular weight excluding hydrogens is 188 g/mol. The Morgan fingerprint density at radius 2 is 2.29 bits per heavy atom. The lowest BCUT2D eigenvalue weighted by Crippen LogP contribution is -2.03. The first-order valence-corrected chi connectivity index (χ1v) is 3.97. The number of nitrogens with zero attached hydrogens (tertiary/aromatic N) is 2. The Bertz CT molecular complexity index is 382. The fourth-order valence-electron chi connectivity index (χ4n) is 1.12. The molecular formula is C9H9F2N3. The fraction of sp³-hybridized carbons (Fsp3) is 0.333. The molecule has 14 heavy (non-hydrogen) atoms. The number of alkyl halides is 2. The number of aromatic nitrogens is 1. The number of pyridine rings is 1. The van der Waals surface area contributed by atoms with E-state index in [9.17, 15) is 8.78 Å². The van der Waals surface area contributed by atoms with Crippen LogP contribution in [-0.2, 0) is 6.42 Å². The van der Waals surface area contributed by atoms with Crippen LogP contribution in [0.1, 0.15) is 23.2 Å². The molecule has 0 saturated heterocycles. The van der Waals surface area contributed by atoms with E-state index in [1.54, 1.807) is 6.92 Å². The quantitative estimate of drug-likeness (QED) is 0.788. The van der Waals surface area contributed by atoms with Crippen molar-refractivity contribution in [2.75, 3.05) is 5.73 Å². The van der Waals surface area contributed by atoms with E-state index in [4.69, 9.17) is 11.0 Å². The van der Waals surface area contributed by atoms with Crippen LogP contribution in [0, 0.1) is 18.3 Å². The lowest BCUT2D eigenvalue weighted by molar-refractivity contribution is 0.152. The minimum atomic E-state index is -2.65. The van der Waals surface area contributed by atoms with Gasteiger partial charge in [0, 0.05) is 5.69 Å². The van der Waals surface area contributed by atoms with Crippen molar-refractivity contribution >= 4 is 5.82 Å². The van der Waals surface area contributed by atoms with Gasteiger partial charge in [0.15, 0.2) is 0 Å². The molecule has 0 aliphatic heterocycles. The molecule has 2 N–H and O–H groups in total. The predicted molar refractivity (Wildman–Crippen MR) is 47.7 cm³/mol. The number of anilines is 1. The molecule has 1 aromatic heterocycles. The zero-order valence-corrected chi connectivity index (χ0v) is 7.59. The lowest BCUT2D eigenvalue weighted by atomic mass is 10.1. The summed E-state index contributed by atoms with van der Waals surface area (Å²) in [5.74, 6) is -0.167. The number of nitriles is 1. The van der Waals surface area contributed by atoms with Crippen LogP contribution in [0.3, 0.4) is 0 Å². The molecule has 74 valence electrons. The van der Waals surface area contributed by atoms with E-state index in [1.165, 1.54) is 6.07 Å². The van der Waals surface area contributed by atoms with Crippen LogP contribution in [-0.4, -0.2) is 4.98 Å². The van der Waals surface area contributed by atoms with Crippen molar-refractivity contribution in [1.82, 2.24) is 4.98 Å². The van der Waals surface area contributed by atoms with Crippen molar-refractivity contribution in [2.24, 2.45) is 0 Å². The molecule has 0 aliphatic carbocycles. The Hall–Kier alpha value is -1.70. The van der Waals surface area contributed by atoms with Crippen molar-refractivity contribution in [3.63, 3.8) is 0 Å². The van der Waals surface area contributed by atoms with E-state index >= 15 is 0 Å². The standard InChI is InChI=1S/C9H9F2N3/c1-5-6(2-3-12)4-7(8(10)11)9(13)14-5/h4,8H,2H2,1H3,(H2,13,14). The summed E-state index contributed by atoms with van der Waals surface area (Å²) in [5.41, 5.74) is 6.03. The second-order valence-electron chi connectivity index (χ2n) is 2.84. The topological polar surface area (TPSA) is 62.7 Å². The summed E-state index contributed by atoms with van der Waals surface area (Å²) in [7, 11) is 0. The third-order valence-electron chi connectivity index (χ3n) is 1.88. The summed E-state index contributed by atoms with van der Waals surface area (Å²) in [6, 6.07) is 3.13. The third kappa shape index (κ3) is 1.96. The number of nitrogens with two attached hydrogens (primary N) is 1. The molecule has 0 aliphatic rings. The molecule has 0 radical (unpaired) electrons. The average Bonchev–Trinajstić information content (AvgIpc) is 2.09. The summed E-state index contributed by atoms with van der Waals surface area (Å²) in [5, 5.41) is 8.45. The van der Waals surface area contributed by atoms with Crippen LogP contribution in [0.15, 0.2) is 6.07 Å². The minimum absolute atomic E-state index is 0.0683. The third-order valence-corrected chi connectivity index (χ3v) is 1.88. The second-order valence-corrected chi connectivity index (χ2v) is 2.84. The maximum Gasteiger partial charge on any atom is 0.267 e. The molecule has 1 rings (SSSR count). The van der Waals surface area contributed by atoms with E-state index in [0.29, 0.717) is 11.3 Å². The van der Waals surface area contributed by atoms with Gasteiger partial charge in [-0.3, -0.25) is 0 Å². The fourth-order valence-corrected chi connectivity index (χ4v) is 1.12. The number of nitrogen functional groups attached to an aromatic ring is 1. The molecule has 0 bridgehead atoms. The van der Waals surface area contributed by atoms with E-state index in [1.807, 2.05) is 6.07 Å². The van der Waals surface area contributed by atoms with Gasteiger partial charge < -0.3 is 5.73 Å². The van der Waals surface area contributed by atoms with Crippen LogP contribution >= 0.6 is 0 Å². The van der Waals surface area contributed by atoms with Crippen LogP contribution in [0.2, 0.25) is 0 Å². The molecule has 1 aromatic rings. The molecule has 3 nitrogen and oxygen atoms in total.